The summed E-state index contributed by atoms with van der Waals surface area (Å²) in [6.07, 6.45) is 11.8. The van der Waals surface area contributed by atoms with E-state index in [4.69, 9.17) is 9.84 Å². The highest BCUT2D eigenvalue weighted by atomic mass is 16.5. The Morgan fingerprint density at radius 2 is 1.89 bits per heavy atom. The predicted octanol–water partition coefficient (Wildman–Crippen LogP) is 5.36. The van der Waals surface area contributed by atoms with E-state index in [1.54, 1.807) is 0 Å². The van der Waals surface area contributed by atoms with Crippen LogP contribution in [0.15, 0.2) is 11.6 Å². The zero-order valence-corrected chi connectivity index (χ0v) is 17.7. The second-order valence-electron chi connectivity index (χ2n) is 10.5. The highest BCUT2D eigenvalue weighted by Crippen LogP contribution is 2.66. The zero-order valence-electron chi connectivity index (χ0n) is 17.7. The Labute approximate surface area is 169 Å². The lowest BCUT2D eigenvalue weighted by molar-refractivity contribution is -0.154. The molecule has 0 spiro atoms. The monoisotopic (exact) mass is 388 g/mol. The van der Waals surface area contributed by atoms with E-state index >= 15 is 0 Å². The molecule has 156 valence electrons. The van der Waals surface area contributed by atoms with Gasteiger partial charge < -0.3 is 9.84 Å². The van der Waals surface area contributed by atoms with Crippen LogP contribution in [0.5, 0.6) is 0 Å². The normalized spacial score (nSPS) is 44.7. The summed E-state index contributed by atoms with van der Waals surface area (Å²) in [5.41, 5.74) is 2.31. The van der Waals surface area contributed by atoms with Crippen molar-refractivity contribution in [2.45, 2.75) is 91.1 Å². The predicted molar refractivity (Wildman–Crippen MR) is 108 cm³/mol. The van der Waals surface area contributed by atoms with E-state index in [9.17, 15) is 9.59 Å². The van der Waals surface area contributed by atoms with Gasteiger partial charge in [0.25, 0.3) is 0 Å². The molecule has 0 heterocycles. The van der Waals surface area contributed by atoms with E-state index in [-0.39, 0.29) is 30.3 Å². The number of carbonyl (C=O) groups excluding carboxylic acids is 1. The van der Waals surface area contributed by atoms with Gasteiger partial charge in [-0.1, -0.05) is 32.4 Å². The lowest BCUT2D eigenvalue weighted by atomic mass is 9.47. The SMILES string of the molecule is C[C@H]1CC[C@H]2[C@@H]3CC=C4C[C@@H](OC(=O)CCC(=O)O)CC[C@]4(C)[C@H]3CC[C@]12C. The van der Waals surface area contributed by atoms with Crippen molar-refractivity contribution in [2.75, 3.05) is 0 Å². The minimum atomic E-state index is -0.945. The van der Waals surface area contributed by atoms with Gasteiger partial charge in [-0.05, 0) is 79.4 Å². The van der Waals surface area contributed by atoms with Crippen LogP contribution in [0.25, 0.3) is 0 Å². The van der Waals surface area contributed by atoms with E-state index in [1.165, 1.54) is 37.7 Å². The summed E-state index contributed by atoms with van der Waals surface area (Å²) < 4.78 is 5.63. The summed E-state index contributed by atoms with van der Waals surface area (Å²) in [7, 11) is 0. The number of allylic oxidation sites excluding steroid dienone is 1. The molecule has 4 aliphatic carbocycles. The summed E-state index contributed by atoms with van der Waals surface area (Å²) in [6.45, 7) is 7.50. The van der Waals surface area contributed by atoms with Gasteiger partial charge in [-0.25, -0.2) is 0 Å². The largest absolute Gasteiger partial charge is 0.481 e. The van der Waals surface area contributed by atoms with Gasteiger partial charge in [-0.2, -0.15) is 0 Å². The molecule has 4 nitrogen and oxygen atoms in total. The molecule has 3 saturated carbocycles. The number of aliphatic carboxylic acids is 1. The fourth-order valence-corrected chi connectivity index (χ4v) is 7.44. The van der Waals surface area contributed by atoms with Crippen molar-refractivity contribution in [3.8, 4) is 0 Å². The maximum absolute atomic E-state index is 12.0. The number of esters is 1. The van der Waals surface area contributed by atoms with Gasteiger partial charge >= 0.3 is 11.9 Å². The molecule has 0 aromatic heterocycles. The third-order valence-corrected chi connectivity index (χ3v) is 9.37. The van der Waals surface area contributed by atoms with Crippen LogP contribution >= 0.6 is 0 Å². The first-order valence-electron chi connectivity index (χ1n) is 11.3. The van der Waals surface area contributed by atoms with Gasteiger partial charge in [-0.3, -0.25) is 9.59 Å². The van der Waals surface area contributed by atoms with Crippen molar-refractivity contribution in [1.82, 2.24) is 0 Å². The van der Waals surface area contributed by atoms with Gasteiger partial charge in [-0.15, -0.1) is 0 Å². The Kier molecular flexibility index (Phi) is 5.12. The number of fused-ring (bicyclic) bond motifs is 5. The van der Waals surface area contributed by atoms with Crippen LogP contribution in [0.4, 0.5) is 0 Å². The van der Waals surface area contributed by atoms with E-state index < -0.39 is 5.97 Å². The zero-order chi connectivity index (χ0) is 20.1. The molecule has 0 amide bonds. The molecule has 4 aliphatic rings. The van der Waals surface area contributed by atoms with Gasteiger partial charge in [0.15, 0.2) is 0 Å². The molecule has 1 N–H and O–H groups in total. The lowest BCUT2D eigenvalue weighted by Crippen LogP contribution is -2.50. The van der Waals surface area contributed by atoms with Gasteiger partial charge in [0.2, 0.25) is 0 Å². The minimum absolute atomic E-state index is 0.0225. The molecular weight excluding hydrogens is 352 g/mol. The number of hydrogen-bond donors (Lipinski definition) is 1. The molecule has 0 unspecified atom stereocenters. The third kappa shape index (κ3) is 3.21. The van der Waals surface area contributed by atoms with Gasteiger partial charge in [0.05, 0.1) is 12.8 Å². The maximum Gasteiger partial charge on any atom is 0.306 e. The Bertz CT molecular complexity index is 682. The molecule has 0 aromatic carbocycles. The fourth-order valence-electron chi connectivity index (χ4n) is 7.44. The average molecular weight is 389 g/mol. The maximum atomic E-state index is 12.0. The average Bonchev–Trinajstić information content (AvgIpc) is 2.95. The van der Waals surface area contributed by atoms with Gasteiger partial charge in [0.1, 0.15) is 6.10 Å². The summed E-state index contributed by atoms with van der Waals surface area (Å²) in [5, 5.41) is 8.75. The Morgan fingerprint density at radius 1 is 1.11 bits per heavy atom. The van der Waals surface area contributed by atoms with Crippen molar-refractivity contribution in [3.63, 3.8) is 0 Å². The molecule has 3 fully saturated rings. The van der Waals surface area contributed by atoms with Crippen molar-refractivity contribution in [1.29, 1.82) is 0 Å². The summed E-state index contributed by atoms with van der Waals surface area (Å²) in [6, 6.07) is 0. The molecule has 7 atom stereocenters. The third-order valence-electron chi connectivity index (χ3n) is 9.37. The van der Waals surface area contributed by atoms with Crippen molar-refractivity contribution in [2.24, 2.45) is 34.5 Å². The molecule has 4 heteroatoms. The topological polar surface area (TPSA) is 63.6 Å². The van der Waals surface area contributed by atoms with Crippen LogP contribution in [0.1, 0.15) is 85.0 Å². The Morgan fingerprint density at radius 3 is 2.64 bits per heavy atom. The number of carbonyl (C=O) groups is 2. The summed E-state index contributed by atoms with van der Waals surface area (Å²) in [5.74, 6) is 2.03. The Balaban J connectivity index is 1.45. The highest BCUT2D eigenvalue weighted by Gasteiger charge is 2.57. The fraction of sp³-hybridized carbons (Fsp3) is 0.833. The molecule has 0 radical (unpaired) electrons. The number of rotatable bonds is 4. The van der Waals surface area contributed by atoms with Crippen LogP contribution in [0, 0.1) is 34.5 Å². The molecule has 0 aliphatic heterocycles. The van der Waals surface area contributed by atoms with Crippen LogP contribution in [0.2, 0.25) is 0 Å². The quantitative estimate of drug-likeness (QED) is 0.520. The lowest BCUT2D eigenvalue weighted by Gasteiger charge is -2.58. The molecule has 4 rings (SSSR count). The minimum Gasteiger partial charge on any atom is -0.481 e. The number of ether oxygens (including phenoxy) is 1. The second kappa shape index (κ2) is 7.18. The Hall–Kier alpha value is -1.32. The highest BCUT2D eigenvalue weighted by molar-refractivity contribution is 5.76. The van der Waals surface area contributed by atoms with Crippen LogP contribution in [0.3, 0.4) is 0 Å². The molecule has 0 aromatic rings. The van der Waals surface area contributed by atoms with Crippen LogP contribution in [-0.2, 0) is 14.3 Å². The second-order valence-corrected chi connectivity index (χ2v) is 10.5. The summed E-state index contributed by atoms with van der Waals surface area (Å²) >= 11 is 0. The first-order valence-corrected chi connectivity index (χ1v) is 11.3. The molecule has 28 heavy (non-hydrogen) atoms. The smallest absolute Gasteiger partial charge is 0.306 e. The van der Waals surface area contributed by atoms with Crippen molar-refractivity contribution in [3.05, 3.63) is 11.6 Å². The molecule has 0 bridgehead atoms. The van der Waals surface area contributed by atoms with Crippen molar-refractivity contribution < 1.29 is 19.4 Å². The summed E-state index contributed by atoms with van der Waals surface area (Å²) in [4.78, 5) is 22.6. The number of carboxylic acids is 1. The van der Waals surface area contributed by atoms with Gasteiger partial charge in [0, 0.05) is 6.42 Å². The first-order chi connectivity index (χ1) is 13.2. The number of carboxylic acid groups (broad SMARTS) is 1. The van der Waals surface area contributed by atoms with Crippen LogP contribution < -0.4 is 0 Å². The van der Waals surface area contributed by atoms with E-state index in [1.807, 2.05) is 0 Å². The van der Waals surface area contributed by atoms with E-state index in [2.05, 4.69) is 26.8 Å². The van der Waals surface area contributed by atoms with Crippen LogP contribution in [-0.4, -0.2) is 23.1 Å². The molecule has 0 saturated heterocycles. The number of hydrogen-bond acceptors (Lipinski definition) is 3. The van der Waals surface area contributed by atoms with E-state index in [0.29, 0.717) is 5.41 Å². The van der Waals surface area contributed by atoms with E-state index in [0.717, 1.165) is 42.9 Å². The first kappa shape index (κ1) is 20.0. The molecular formula is C24H36O4. The van der Waals surface area contributed by atoms with Crippen molar-refractivity contribution >= 4 is 11.9 Å². The standard InChI is InChI=1S/C24H36O4/c1-15-4-7-19-18-6-5-16-14-17(28-22(27)9-8-21(25)26)10-12-24(16,3)20(18)11-13-23(15,19)2/h5,15,17-20H,4,6-14H2,1-3H3,(H,25,26)/t15-,17-,18-,19-,20-,23+,24-/m0/s1.